The van der Waals surface area contributed by atoms with Crippen LogP contribution in [-0.2, 0) is 6.42 Å². The number of hydrogen-bond acceptors (Lipinski definition) is 1. The van der Waals surface area contributed by atoms with Gasteiger partial charge in [-0.3, -0.25) is 0 Å². The summed E-state index contributed by atoms with van der Waals surface area (Å²) in [6, 6.07) is 12.9. The molecule has 0 heterocycles. The largest absolute Gasteiger partial charge is 0.205 e. The molecular formula is C28H29F2N. The summed E-state index contributed by atoms with van der Waals surface area (Å²) in [4.78, 5) is 0. The highest BCUT2D eigenvalue weighted by Crippen LogP contribution is 2.36. The fourth-order valence-electron chi connectivity index (χ4n) is 4.24. The minimum atomic E-state index is -0.872. The van der Waals surface area contributed by atoms with Gasteiger partial charge in [0, 0.05) is 5.56 Å². The van der Waals surface area contributed by atoms with E-state index in [0.29, 0.717) is 11.8 Å². The molecule has 0 aliphatic heterocycles. The van der Waals surface area contributed by atoms with E-state index in [4.69, 9.17) is 5.26 Å². The van der Waals surface area contributed by atoms with Crippen molar-refractivity contribution >= 4 is 0 Å². The predicted octanol–water partition coefficient (Wildman–Crippen LogP) is 7.45. The van der Waals surface area contributed by atoms with E-state index in [9.17, 15) is 8.78 Å². The van der Waals surface area contributed by atoms with Crippen LogP contribution >= 0.6 is 0 Å². The molecule has 1 aliphatic rings. The second-order valence-corrected chi connectivity index (χ2v) is 8.37. The number of halogens is 2. The molecule has 3 rings (SSSR count). The van der Waals surface area contributed by atoms with Gasteiger partial charge >= 0.3 is 0 Å². The Labute approximate surface area is 184 Å². The molecule has 0 radical (unpaired) electrons. The second-order valence-electron chi connectivity index (χ2n) is 8.37. The molecule has 1 nitrogen and oxygen atoms in total. The lowest BCUT2D eigenvalue weighted by Gasteiger charge is -2.27. The Morgan fingerprint density at radius 3 is 2.29 bits per heavy atom. The van der Waals surface area contributed by atoms with Crippen molar-refractivity contribution in [1.29, 1.82) is 5.26 Å². The van der Waals surface area contributed by atoms with Crippen molar-refractivity contribution in [3.8, 4) is 17.9 Å². The first-order valence-electron chi connectivity index (χ1n) is 11.3. The van der Waals surface area contributed by atoms with Crippen LogP contribution in [0.3, 0.4) is 0 Å². The minimum absolute atomic E-state index is 0.237. The van der Waals surface area contributed by atoms with Crippen molar-refractivity contribution in [3.05, 3.63) is 82.4 Å². The second kappa shape index (κ2) is 11.5. The van der Waals surface area contributed by atoms with Gasteiger partial charge in [0.05, 0.1) is 0 Å². The molecule has 1 saturated carbocycles. The maximum absolute atomic E-state index is 13.6. The Morgan fingerprint density at radius 2 is 1.68 bits per heavy atom. The number of benzene rings is 2. The predicted molar refractivity (Wildman–Crippen MR) is 121 cm³/mol. The van der Waals surface area contributed by atoms with Crippen LogP contribution in [0.15, 0.2) is 48.6 Å². The van der Waals surface area contributed by atoms with Crippen molar-refractivity contribution in [2.75, 3.05) is 0 Å². The van der Waals surface area contributed by atoms with Crippen LogP contribution in [0.1, 0.15) is 80.0 Å². The SMILES string of the molecule is CCCCCc1ccc(C2CCC(/C=C/C#Cc3cc(F)c(C#N)c(F)c3)CC2)cc1. The van der Waals surface area contributed by atoms with Crippen LogP contribution in [0.4, 0.5) is 8.78 Å². The van der Waals surface area contributed by atoms with Gasteiger partial charge in [-0.2, -0.15) is 5.26 Å². The maximum atomic E-state index is 13.6. The summed E-state index contributed by atoms with van der Waals surface area (Å²) in [5, 5.41) is 8.71. The fraction of sp³-hybridized carbons (Fsp3) is 0.393. The molecule has 0 spiro atoms. The number of hydrogen-bond donors (Lipinski definition) is 0. The van der Waals surface area contributed by atoms with Crippen LogP contribution in [0.25, 0.3) is 0 Å². The zero-order valence-corrected chi connectivity index (χ0v) is 18.1. The summed E-state index contributed by atoms with van der Waals surface area (Å²) in [5.41, 5.74) is 2.56. The fourth-order valence-corrected chi connectivity index (χ4v) is 4.24. The van der Waals surface area contributed by atoms with Crippen LogP contribution in [0, 0.1) is 40.7 Å². The van der Waals surface area contributed by atoms with E-state index in [1.165, 1.54) is 55.7 Å². The van der Waals surface area contributed by atoms with Crippen molar-refractivity contribution < 1.29 is 8.78 Å². The molecule has 0 atom stereocenters. The van der Waals surface area contributed by atoms with Gasteiger partial charge in [-0.1, -0.05) is 61.9 Å². The van der Waals surface area contributed by atoms with Gasteiger partial charge in [0.1, 0.15) is 23.3 Å². The lowest BCUT2D eigenvalue weighted by Crippen LogP contribution is -2.11. The Bertz CT molecular complexity index is 971. The Kier molecular flexibility index (Phi) is 8.43. The highest BCUT2D eigenvalue weighted by atomic mass is 19.1. The van der Waals surface area contributed by atoms with E-state index in [2.05, 4.69) is 49.1 Å². The number of nitrogens with zero attached hydrogens (tertiary/aromatic N) is 1. The third kappa shape index (κ3) is 6.53. The lowest BCUT2D eigenvalue weighted by atomic mass is 9.78. The molecule has 2 aromatic carbocycles. The molecule has 0 saturated heterocycles. The van der Waals surface area contributed by atoms with Gasteiger partial charge in [-0.25, -0.2) is 8.78 Å². The van der Waals surface area contributed by atoms with Gasteiger partial charge in [-0.05, 0) is 79.7 Å². The van der Waals surface area contributed by atoms with E-state index in [1.807, 2.05) is 0 Å². The first kappa shape index (κ1) is 22.8. The van der Waals surface area contributed by atoms with Gasteiger partial charge in [-0.15, -0.1) is 0 Å². The van der Waals surface area contributed by atoms with Gasteiger partial charge < -0.3 is 0 Å². The Balaban J connectivity index is 1.49. The molecule has 160 valence electrons. The topological polar surface area (TPSA) is 23.8 Å². The summed E-state index contributed by atoms with van der Waals surface area (Å²) >= 11 is 0. The summed E-state index contributed by atoms with van der Waals surface area (Å²) < 4.78 is 27.3. The summed E-state index contributed by atoms with van der Waals surface area (Å²) in [6.07, 6.45) is 13.5. The molecule has 1 aliphatic carbocycles. The van der Waals surface area contributed by atoms with Crippen LogP contribution in [-0.4, -0.2) is 0 Å². The Morgan fingerprint density at radius 1 is 1.00 bits per heavy atom. The Hall–Kier alpha value is -2.91. The zero-order chi connectivity index (χ0) is 22.1. The van der Waals surface area contributed by atoms with Crippen molar-refractivity contribution in [2.24, 2.45) is 5.92 Å². The molecular weight excluding hydrogens is 388 g/mol. The zero-order valence-electron chi connectivity index (χ0n) is 18.1. The summed E-state index contributed by atoms with van der Waals surface area (Å²) in [7, 11) is 0. The maximum Gasteiger partial charge on any atom is 0.145 e. The highest BCUT2D eigenvalue weighted by molar-refractivity contribution is 5.43. The number of aryl methyl sites for hydroxylation is 1. The smallest absolute Gasteiger partial charge is 0.145 e. The average Bonchev–Trinajstić information content (AvgIpc) is 2.78. The van der Waals surface area contributed by atoms with Crippen molar-refractivity contribution in [2.45, 2.75) is 64.2 Å². The molecule has 1 fully saturated rings. The quantitative estimate of drug-likeness (QED) is 0.354. The standard InChI is InChI=1S/C28H29F2N/c1-2-3-4-7-21-10-14-24(15-11-21)25-16-12-22(13-17-25)8-5-6-9-23-18-27(29)26(20-31)28(30)19-23/h5,8,10-11,14-15,18-19,22,25H,2-4,7,12-13,16-17H2,1H3/b8-5+. The molecule has 0 aromatic heterocycles. The third-order valence-corrected chi connectivity index (χ3v) is 6.11. The molecule has 0 bridgehead atoms. The minimum Gasteiger partial charge on any atom is -0.205 e. The monoisotopic (exact) mass is 417 g/mol. The van der Waals surface area contributed by atoms with Crippen LogP contribution in [0.5, 0.6) is 0 Å². The van der Waals surface area contributed by atoms with E-state index in [0.717, 1.165) is 25.0 Å². The molecule has 3 heteroatoms. The first-order valence-corrected chi connectivity index (χ1v) is 11.3. The number of unbranched alkanes of at least 4 members (excludes halogenated alkanes) is 2. The lowest BCUT2D eigenvalue weighted by molar-refractivity contribution is 0.376. The van der Waals surface area contributed by atoms with Crippen LogP contribution < -0.4 is 0 Å². The van der Waals surface area contributed by atoms with E-state index in [-0.39, 0.29) is 5.56 Å². The number of rotatable bonds is 6. The molecule has 31 heavy (non-hydrogen) atoms. The van der Waals surface area contributed by atoms with Crippen molar-refractivity contribution in [1.82, 2.24) is 0 Å². The molecule has 0 unspecified atom stereocenters. The summed E-state index contributed by atoms with van der Waals surface area (Å²) in [5.74, 6) is 4.99. The first-order chi connectivity index (χ1) is 15.1. The van der Waals surface area contributed by atoms with E-state index < -0.39 is 17.2 Å². The van der Waals surface area contributed by atoms with E-state index in [1.54, 1.807) is 6.08 Å². The molecule has 0 N–H and O–H groups in total. The molecule has 0 amide bonds. The van der Waals surface area contributed by atoms with Crippen LogP contribution in [0.2, 0.25) is 0 Å². The van der Waals surface area contributed by atoms with Crippen molar-refractivity contribution in [3.63, 3.8) is 0 Å². The third-order valence-electron chi connectivity index (χ3n) is 6.11. The average molecular weight is 418 g/mol. The summed E-state index contributed by atoms with van der Waals surface area (Å²) in [6.45, 7) is 2.23. The number of nitriles is 1. The van der Waals surface area contributed by atoms with E-state index >= 15 is 0 Å². The normalized spacial score (nSPS) is 18.4. The molecule has 2 aromatic rings. The number of allylic oxidation sites excluding steroid dienone is 2. The van der Waals surface area contributed by atoms with Gasteiger partial charge in [0.2, 0.25) is 0 Å². The highest BCUT2D eigenvalue weighted by Gasteiger charge is 2.20. The van der Waals surface area contributed by atoms with Gasteiger partial charge in [0.25, 0.3) is 0 Å². The van der Waals surface area contributed by atoms with Gasteiger partial charge in [0.15, 0.2) is 0 Å².